The number of Topliss-reactive ketones (excluding diaryl/α,β-unsaturated/α-hetero) is 1. The number of hydrogen-bond acceptors (Lipinski definition) is 5. The quantitative estimate of drug-likeness (QED) is 0.0486. The molecule has 8 heteroatoms. The van der Waals surface area contributed by atoms with E-state index in [0.29, 0.717) is 18.5 Å². The molecule has 0 saturated carbocycles. The fourth-order valence-electron chi connectivity index (χ4n) is 5.48. The van der Waals surface area contributed by atoms with Crippen LogP contribution in [0, 0.1) is 15.9 Å². The lowest BCUT2D eigenvalue weighted by atomic mass is 9.95. The summed E-state index contributed by atoms with van der Waals surface area (Å²) >= 11 is 0. The van der Waals surface area contributed by atoms with E-state index < -0.39 is 34.2 Å². The number of aliphatic hydroxyl groups excluding tert-OH is 1. The summed E-state index contributed by atoms with van der Waals surface area (Å²) in [5.41, 5.74) is 0.451. The molecule has 1 atom stereocenters. The Bertz CT molecular complexity index is 1180. The second-order valence-electron chi connectivity index (χ2n) is 10.9. The van der Waals surface area contributed by atoms with Crippen molar-refractivity contribution < 1.29 is 24.0 Å². The molecular formula is C33H43FN2O5. The molecule has 2 aromatic rings. The van der Waals surface area contributed by atoms with Crippen LogP contribution in [0.3, 0.4) is 0 Å². The second kappa shape index (κ2) is 16.7. The Morgan fingerprint density at radius 2 is 1.29 bits per heavy atom. The molecule has 7 nitrogen and oxygen atoms in total. The monoisotopic (exact) mass is 566 g/mol. The highest BCUT2D eigenvalue weighted by Gasteiger charge is 2.45. The molecule has 222 valence electrons. The first-order valence-electron chi connectivity index (χ1n) is 15.1. The van der Waals surface area contributed by atoms with E-state index in [1.54, 1.807) is 0 Å². The van der Waals surface area contributed by atoms with Crippen LogP contribution in [0.1, 0.15) is 114 Å². The zero-order valence-corrected chi connectivity index (χ0v) is 24.2. The van der Waals surface area contributed by atoms with Crippen LogP contribution >= 0.6 is 0 Å². The zero-order chi connectivity index (χ0) is 29.6. The van der Waals surface area contributed by atoms with Crippen molar-refractivity contribution in [2.24, 2.45) is 0 Å². The molecule has 1 saturated heterocycles. The average Bonchev–Trinajstić information content (AvgIpc) is 3.22. The fraction of sp³-hybridized carbons (Fsp3) is 0.515. The lowest BCUT2D eigenvalue weighted by Crippen LogP contribution is -2.30. The number of nitro groups is 1. The van der Waals surface area contributed by atoms with Crippen molar-refractivity contribution in [1.82, 2.24) is 4.90 Å². The number of benzene rings is 2. The van der Waals surface area contributed by atoms with Crippen LogP contribution in [0.4, 0.5) is 10.1 Å². The maximum Gasteiger partial charge on any atom is 0.295 e. The van der Waals surface area contributed by atoms with Gasteiger partial charge < -0.3 is 10.0 Å². The Labute approximate surface area is 242 Å². The van der Waals surface area contributed by atoms with Gasteiger partial charge in [0.1, 0.15) is 11.6 Å². The van der Waals surface area contributed by atoms with E-state index in [2.05, 4.69) is 6.92 Å². The summed E-state index contributed by atoms with van der Waals surface area (Å²) in [6.45, 7) is 2.57. The molecule has 0 bridgehead atoms. The van der Waals surface area contributed by atoms with E-state index in [1.165, 1.54) is 118 Å². The minimum Gasteiger partial charge on any atom is -0.507 e. The number of nitrogens with zero attached hydrogens (tertiary/aromatic N) is 2. The molecule has 2 aromatic carbocycles. The van der Waals surface area contributed by atoms with Gasteiger partial charge in [0.15, 0.2) is 0 Å². The Morgan fingerprint density at radius 1 is 0.805 bits per heavy atom. The molecule has 0 aromatic heterocycles. The molecule has 1 aliphatic heterocycles. The van der Waals surface area contributed by atoms with Crippen LogP contribution in [0.5, 0.6) is 0 Å². The number of non-ortho nitro benzene ring substituents is 1. The van der Waals surface area contributed by atoms with Crippen molar-refractivity contribution in [2.45, 2.75) is 103 Å². The fourth-order valence-corrected chi connectivity index (χ4v) is 5.48. The van der Waals surface area contributed by atoms with Gasteiger partial charge in [-0.1, -0.05) is 103 Å². The molecule has 1 aliphatic rings. The van der Waals surface area contributed by atoms with Crippen molar-refractivity contribution in [3.63, 3.8) is 0 Å². The number of hydrogen-bond donors (Lipinski definition) is 1. The zero-order valence-electron chi connectivity index (χ0n) is 24.2. The molecule has 1 amide bonds. The summed E-state index contributed by atoms with van der Waals surface area (Å²) in [6, 6.07) is 9.81. The SMILES string of the molecule is CCCCCCCCCCCCCCCCN1C(=O)C(=O)/C(=C(/O)c2ccc([N+](=O)[O-])cc2)C1c1ccc(F)cc1. The molecule has 0 spiro atoms. The first kappa shape index (κ1) is 32.0. The average molecular weight is 567 g/mol. The number of carbonyl (C=O) groups is 2. The Hall–Kier alpha value is -3.55. The number of aliphatic hydroxyl groups is 1. The van der Waals surface area contributed by atoms with Crippen LogP contribution in [-0.2, 0) is 9.59 Å². The minimum absolute atomic E-state index is 0.0965. The smallest absolute Gasteiger partial charge is 0.295 e. The first-order valence-corrected chi connectivity index (χ1v) is 15.1. The molecular weight excluding hydrogens is 523 g/mol. The van der Waals surface area contributed by atoms with E-state index >= 15 is 0 Å². The first-order chi connectivity index (χ1) is 19.8. The summed E-state index contributed by atoms with van der Waals surface area (Å²) in [7, 11) is 0. The van der Waals surface area contributed by atoms with Crippen LogP contribution in [-0.4, -0.2) is 33.2 Å². The Kier molecular flexibility index (Phi) is 13.0. The molecule has 1 N–H and O–H groups in total. The predicted molar refractivity (Wildman–Crippen MR) is 159 cm³/mol. The maximum absolute atomic E-state index is 13.7. The van der Waals surface area contributed by atoms with E-state index in [0.717, 1.165) is 19.3 Å². The van der Waals surface area contributed by atoms with Gasteiger partial charge in [-0.05, 0) is 36.2 Å². The van der Waals surface area contributed by atoms with Gasteiger partial charge in [0.25, 0.3) is 17.4 Å². The van der Waals surface area contributed by atoms with Crippen molar-refractivity contribution in [3.05, 3.63) is 81.2 Å². The van der Waals surface area contributed by atoms with Crippen LogP contribution in [0.15, 0.2) is 54.1 Å². The van der Waals surface area contributed by atoms with Gasteiger partial charge in [-0.15, -0.1) is 0 Å². The van der Waals surface area contributed by atoms with Gasteiger partial charge in [-0.3, -0.25) is 19.7 Å². The lowest BCUT2D eigenvalue weighted by molar-refractivity contribution is -0.384. The van der Waals surface area contributed by atoms with Crippen molar-refractivity contribution in [3.8, 4) is 0 Å². The Balaban J connectivity index is 1.56. The van der Waals surface area contributed by atoms with E-state index in [-0.39, 0.29) is 16.8 Å². The number of likely N-dealkylation sites (tertiary alicyclic amines) is 1. The van der Waals surface area contributed by atoms with E-state index in [4.69, 9.17) is 0 Å². The maximum atomic E-state index is 13.7. The summed E-state index contributed by atoms with van der Waals surface area (Å²) in [5, 5.41) is 22.1. The van der Waals surface area contributed by atoms with Crippen molar-refractivity contribution in [2.75, 3.05) is 6.54 Å². The van der Waals surface area contributed by atoms with Gasteiger partial charge in [0.2, 0.25) is 0 Å². The third-order valence-corrected chi connectivity index (χ3v) is 7.83. The van der Waals surface area contributed by atoms with Gasteiger partial charge >= 0.3 is 0 Å². The highest BCUT2D eigenvalue weighted by molar-refractivity contribution is 6.46. The molecule has 1 fully saturated rings. The molecule has 1 heterocycles. The summed E-state index contributed by atoms with van der Waals surface area (Å²) in [6.07, 6.45) is 16.9. The van der Waals surface area contributed by atoms with E-state index in [1.807, 2.05) is 0 Å². The minimum atomic E-state index is -0.868. The van der Waals surface area contributed by atoms with Crippen LogP contribution < -0.4 is 0 Å². The Morgan fingerprint density at radius 3 is 1.78 bits per heavy atom. The number of amides is 1. The lowest BCUT2D eigenvalue weighted by Gasteiger charge is -2.25. The van der Waals surface area contributed by atoms with Gasteiger partial charge in [-0.25, -0.2) is 4.39 Å². The highest BCUT2D eigenvalue weighted by Crippen LogP contribution is 2.39. The summed E-state index contributed by atoms with van der Waals surface area (Å²) < 4.78 is 13.7. The number of rotatable bonds is 18. The molecule has 1 unspecified atom stereocenters. The summed E-state index contributed by atoms with van der Waals surface area (Å²) in [4.78, 5) is 38.1. The highest BCUT2D eigenvalue weighted by atomic mass is 19.1. The largest absolute Gasteiger partial charge is 0.507 e. The molecule has 41 heavy (non-hydrogen) atoms. The number of halogens is 1. The third-order valence-electron chi connectivity index (χ3n) is 7.83. The van der Waals surface area contributed by atoms with Crippen LogP contribution in [0.2, 0.25) is 0 Å². The van der Waals surface area contributed by atoms with Gasteiger partial charge in [0.05, 0.1) is 16.5 Å². The summed E-state index contributed by atoms with van der Waals surface area (Å²) in [5.74, 6) is -2.39. The second-order valence-corrected chi connectivity index (χ2v) is 10.9. The van der Waals surface area contributed by atoms with Crippen molar-refractivity contribution in [1.29, 1.82) is 0 Å². The van der Waals surface area contributed by atoms with Gasteiger partial charge in [-0.2, -0.15) is 0 Å². The van der Waals surface area contributed by atoms with E-state index in [9.17, 15) is 29.2 Å². The molecule has 0 radical (unpaired) electrons. The van der Waals surface area contributed by atoms with Crippen LogP contribution in [0.25, 0.3) is 5.76 Å². The van der Waals surface area contributed by atoms with Gasteiger partial charge in [0, 0.05) is 24.2 Å². The number of carbonyl (C=O) groups excluding carboxylic acids is 2. The topological polar surface area (TPSA) is 101 Å². The molecule has 0 aliphatic carbocycles. The normalized spacial score (nSPS) is 16.4. The third kappa shape index (κ3) is 9.23. The number of ketones is 1. The van der Waals surface area contributed by atoms with Crippen molar-refractivity contribution >= 4 is 23.1 Å². The molecule has 3 rings (SSSR count). The number of unbranched alkanes of at least 4 members (excludes halogenated alkanes) is 13. The number of nitro benzene ring substituents is 1. The predicted octanol–water partition coefficient (Wildman–Crippen LogP) is 8.64. The standard InChI is InChI=1S/C33H43FN2O5/c1-2-3-4-5-6-7-8-9-10-11-12-13-14-15-24-35-30(25-16-20-27(34)21-17-25)29(32(38)33(35)39)31(37)26-18-22-28(23-19-26)36(40)41/h16-23,30,37H,2-15,24H2,1H3/b31-29+.